The van der Waals surface area contributed by atoms with Crippen LogP contribution >= 0.6 is 23.4 Å². The highest BCUT2D eigenvalue weighted by Gasteiger charge is 2.48. The highest BCUT2D eigenvalue weighted by Crippen LogP contribution is 2.40. The van der Waals surface area contributed by atoms with Crippen LogP contribution in [0.3, 0.4) is 0 Å². The van der Waals surface area contributed by atoms with Crippen molar-refractivity contribution in [3.63, 3.8) is 0 Å². The van der Waals surface area contributed by atoms with E-state index in [1.54, 1.807) is 17.8 Å². The number of aromatic amines is 1. The summed E-state index contributed by atoms with van der Waals surface area (Å²) < 4.78 is 38.0. The summed E-state index contributed by atoms with van der Waals surface area (Å²) in [5, 5.41) is 10.4. The number of rotatable bonds is 8. The minimum absolute atomic E-state index is 0.0177. The number of aliphatic hydroxyl groups excluding tert-OH is 1. The molecular formula is C25H27ClFN3O5S. The van der Waals surface area contributed by atoms with Crippen molar-refractivity contribution in [1.82, 2.24) is 15.0 Å². The zero-order valence-electron chi connectivity index (χ0n) is 19.7. The van der Waals surface area contributed by atoms with E-state index in [0.717, 1.165) is 29.7 Å². The maximum Gasteiger partial charge on any atom is 0.296 e. The number of aromatic nitrogens is 3. The van der Waals surface area contributed by atoms with Crippen molar-refractivity contribution in [2.75, 3.05) is 31.8 Å². The third-order valence-electron chi connectivity index (χ3n) is 7.08. The van der Waals surface area contributed by atoms with Crippen molar-refractivity contribution in [2.24, 2.45) is 0 Å². The van der Waals surface area contributed by atoms with Gasteiger partial charge in [-0.05, 0) is 54.7 Å². The molecule has 36 heavy (non-hydrogen) atoms. The van der Waals surface area contributed by atoms with Crippen molar-refractivity contribution in [3.8, 4) is 11.8 Å². The fourth-order valence-electron chi connectivity index (χ4n) is 5.37. The van der Waals surface area contributed by atoms with Crippen molar-refractivity contribution < 1.29 is 28.4 Å². The highest BCUT2D eigenvalue weighted by molar-refractivity contribution is 7.98. The summed E-state index contributed by atoms with van der Waals surface area (Å²) >= 11 is 8.27. The third kappa shape index (κ3) is 4.54. The predicted molar refractivity (Wildman–Crippen MR) is 134 cm³/mol. The first-order chi connectivity index (χ1) is 17.5. The van der Waals surface area contributed by atoms with Crippen LogP contribution in [0.5, 0.6) is 11.8 Å². The number of fused-ring (bicyclic) bond motifs is 3. The molecular weight excluding hydrogens is 509 g/mol. The van der Waals surface area contributed by atoms with Gasteiger partial charge < -0.3 is 29.0 Å². The van der Waals surface area contributed by atoms with Crippen LogP contribution in [0, 0.1) is 5.82 Å². The Labute approximate surface area is 216 Å². The lowest BCUT2D eigenvalue weighted by Gasteiger charge is -2.15. The van der Waals surface area contributed by atoms with E-state index in [4.69, 9.17) is 30.5 Å². The van der Waals surface area contributed by atoms with Crippen molar-refractivity contribution >= 4 is 34.5 Å². The van der Waals surface area contributed by atoms with Crippen LogP contribution in [0.1, 0.15) is 29.2 Å². The second kappa shape index (κ2) is 9.98. The number of nitrogens with one attached hydrogen (secondary N) is 1. The van der Waals surface area contributed by atoms with Gasteiger partial charge in [0.25, 0.3) is 6.01 Å². The van der Waals surface area contributed by atoms with Crippen molar-refractivity contribution in [3.05, 3.63) is 45.9 Å². The molecule has 1 aromatic carbocycles. The smallest absolute Gasteiger partial charge is 0.296 e. The molecule has 0 saturated carbocycles. The Bertz CT molecular complexity index is 1280. The van der Waals surface area contributed by atoms with Crippen molar-refractivity contribution in [1.29, 1.82) is 0 Å². The molecule has 2 N–H and O–H groups in total. The summed E-state index contributed by atoms with van der Waals surface area (Å²) in [4.78, 5) is 12.3. The Kier molecular flexibility index (Phi) is 6.72. The van der Waals surface area contributed by atoms with Crippen LogP contribution in [-0.4, -0.2) is 76.3 Å². The van der Waals surface area contributed by atoms with Gasteiger partial charge >= 0.3 is 0 Å². The monoisotopic (exact) mass is 535 g/mol. The largest absolute Gasteiger partial charge is 0.493 e. The van der Waals surface area contributed by atoms with Gasteiger partial charge in [-0.3, -0.25) is 0 Å². The Morgan fingerprint density at radius 3 is 2.94 bits per heavy atom. The summed E-state index contributed by atoms with van der Waals surface area (Å²) in [6, 6.07) is 5.50. The Balaban J connectivity index is 1.18. The summed E-state index contributed by atoms with van der Waals surface area (Å²) in [6.07, 6.45) is 2.39. The first kappa shape index (κ1) is 24.2. The van der Waals surface area contributed by atoms with E-state index in [1.165, 1.54) is 6.07 Å². The van der Waals surface area contributed by atoms with E-state index >= 15 is 4.39 Å². The normalized spacial score (nSPS) is 26.9. The van der Waals surface area contributed by atoms with E-state index in [9.17, 15) is 5.11 Å². The standard InChI is InChI=1S/C25H27ClFN3O5S/c1-36-5-4-32-14-6-12-2-3-13(21(12)16(27)8-14)7-17-15(26)9-18-24(28-17)30-25(29-18)35-20-11-34-22-19(31)10-33-23(20)22/h6,8-9,13,19-20,22-23,31H,2-5,7,10-11H2,1H3,(H,28,29,30)/t13?,19-,20-,22-,23-/m1/s1. The van der Waals surface area contributed by atoms with E-state index in [0.29, 0.717) is 47.3 Å². The number of thioether (sulfide) groups is 1. The molecule has 0 radical (unpaired) electrons. The van der Waals surface area contributed by atoms with Crippen LogP contribution in [-0.2, 0) is 22.3 Å². The van der Waals surface area contributed by atoms with E-state index in [-0.39, 0.29) is 42.7 Å². The molecule has 1 unspecified atom stereocenters. The van der Waals surface area contributed by atoms with Gasteiger partial charge in [-0.15, -0.1) is 0 Å². The number of ether oxygens (including phenoxy) is 4. The molecule has 2 aromatic heterocycles. The second-order valence-electron chi connectivity index (χ2n) is 9.41. The Morgan fingerprint density at radius 2 is 2.08 bits per heavy atom. The number of aliphatic hydroxyl groups is 1. The summed E-state index contributed by atoms with van der Waals surface area (Å²) in [5.41, 5.74) is 3.51. The molecule has 4 heterocycles. The zero-order valence-corrected chi connectivity index (χ0v) is 21.3. The molecule has 192 valence electrons. The van der Waals surface area contributed by atoms with Gasteiger partial charge in [-0.2, -0.15) is 16.7 Å². The van der Waals surface area contributed by atoms with Crippen LogP contribution < -0.4 is 9.47 Å². The SMILES string of the molecule is CSCCOc1cc(F)c2c(c1)CCC2Cc1nc2nc(O[C@@H]3CO[C@H]4[C@@H]3OC[C@H]4O)[nH]c2cc1Cl. The molecule has 2 saturated heterocycles. The molecule has 5 atom stereocenters. The van der Waals surface area contributed by atoms with Gasteiger partial charge in [-0.1, -0.05) is 11.6 Å². The van der Waals surface area contributed by atoms with Gasteiger partial charge in [0.2, 0.25) is 0 Å². The van der Waals surface area contributed by atoms with Gasteiger partial charge in [-0.25, -0.2) is 9.37 Å². The molecule has 3 aliphatic rings. The highest BCUT2D eigenvalue weighted by atomic mass is 35.5. The topological polar surface area (TPSA) is 98.7 Å². The number of nitrogens with zero attached hydrogens (tertiary/aromatic N) is 2. The quantitative estimate of drug-likeness (QED) is 0.422. The molecule has 3 aromatic rings. The average molecular weight is 536 g/mol. The molecule has 0 amide bonds. The first-order valence-corrected chi connectivity index (χ1v) is 13.8. The lowest BCUT2D eigenvalue weighted by Crippen LogP contribution is -2.34. The molecule has 0 bridgehead atoms. The lowest BCUT2D eigenvalue weighted by atomic mass is 9.95. The van der Waals surface area contributed by atoms with Crippen LogP contribution in [0.25, 0.3) is 11.2 Å². The number of hydrogen-bond acceptors (Lipinski definition) is 8. The fraction of sp³-hybridized carbons (Fsp3) is 0.520. The Morgan fingerprint density at radius 1 is 1.22 bits per heavy atom. The van der Waals surface area contributed by atoms with Crippen LogP contribution in [0.15, 0.2) is 18.2 Å². The zero-order chi connectivity index (χ0) is 24.8. The molecule has 8 nitrogen and oxygen atoms in total. The minimum atomic E-state index is -0.646. The summed E-state index contributed by atoms with van der Waals surface area (Å²) in [5.74, 6) is 1.19. The number of H-pyrrole nitrogens is 1. The molecule has 0 spiro atoms. The van der Waals surface area contributed by atoms with Crippen LogP contribution in [0.4, 0.5) is 4.39 Å². The molecule has 2 aliphatic heterocycles. The number of halogens is 2. The van der Waals surface area contributed by atoms with Gasteiger partial charge in [0.1, 0.15) is 29.9 Å². The second-order valence-corrected chi connectivity index (χ2v) is 10.8. The maximum absolute atomic E-state index is 15.1. The van der Waals surface area contributed by atoms with Gasteiger partial charge in [0.05, 0.1) is 36.1 Å². The third-order valence-corrected chi connectivity index (χ3v) is 7.98. The lowest BCUT2D eigenvalue weighted by molar-refractivity contribution is 0.00706. The number of benzene rings is 1. The fourth-order valence-corrected chi connectivity index (χ4v) is 5.85. The number of hydrogen-bond donors (Lipinski definition) is 2. The molecule has 1 aliphatic carbocycles. The van der Waals surface area contributed by atoms with Crippen molar-refractivity contribution in [2.45, 2.75) is 49.6 Å². The maximum atomic E-state index is 15.1. The molecule has 2 fully saturated rings. The minimum Gasteiger partial charge on any atom is -0.493 e. The number of aryl methyl sites for hydroxylation is 1. The summed E-state index contributed by atoms with van der Waals surface area (Å²) in [7, 11) is 0. The predicted octanol–water partition coefficient (Wildman–Crippen LogP) is 3.67. The first-order valence-electron chi connectivity index (χ1n) is 12.1. The number of pyridine rings is 1. The summed E-state index contributed by atoms with van der Waals surface area (Å²) in [6.45, 7) is 1.09. The average Bonchev–Trinajstić information content (AvgIpc) is 3.61. The number of imidazole rings is 1. The van der Waals surface area contributed by atoms with E-state index in [2.05, 4.69) is 15.0 Å². The van der Waals surface area contributed by atoms with Crippen LogP contribution in [0.2, 0.25) is 5.02 Å². The van der Waals surface area contributed by atoms with Gasteiger partial charge in [0.15, 0.2) is 11.8 Å². The Hall–Kier alpha value is -2.11. The molecule has 6 rings (SSSR count). The van der Waals surface area contributed by atoms with E-state index < -0.39 is 6.10 Å². The molecule has 11 heteroatoms. The van der Waals surface area contributed by atoms with E-state index in [1.807, 2.05) is 12.3 Å². The van der Waals surface area contributed by atoms with Gasteiger partial charge in [0, 0.05) is 11.8 Å².